The minimum absolute atomic E-state index is 0.316. The van der Waals surface area contributed by atoms with E-state index in [4.69, 9.17) is 36.0 Å². The maximum Gasteiger partial charge on any atom is 0.500 e. The normalized spacial score (nSPS) is 11.2. The average molecular weight is 495 g/mol. The molecule has 188 valence electrons. The Hall–Kier alpha value is -1.32. The molecule has 0 saturated heterocycles. The minimum Gasteiger partial charge on any atom is -0.494 e. The molecule has 0 heterocycles. The molecular formula is C21H42O9Si2. The summed E-state index contributed by atoms with van der Waals surface area (Å²) < 4.78 is 41.9. The molecule has 0 aliphatic carbocycles. The van der Waals surface area contributed by atoms with Crippen molar-refractivity contribution in [2.45, 2.75) is 38.8 Å². The molecule has 0 radical (unpaired) electrons. The van der Waals surface area contributed by atoms with Crippen molar-refractivity contribution in [3.8, 4) is 0 Å². The van der Waals surface area contributed by atoms with Crippen molar-refractivity contribution >= 4 is 23.6 Å². The van der Waals surface area contributed by atoms with Crippen molar-refractivity contribution in [1.29, 1.82) is 0 Å². The zero-order valence-electron chi connectivity index (χ0n) is 21.0. The summed E-state index contributed by atoms with van der Waals surface area (Å²) in [6.07, 6.45) is 1.44. The molecule has 0 rings (SSSR count). The van der Waals surface area contributed by atoms with Crippen LogP contribution in [-0.4, -0.2) is 79.5 Å². The van der Waals surface area contributed by atoms with Crippen molar-refractivity contribution in [3.05, 3.63) is 36.6 Å². The van der Waals surface area contributed by atoms with Crippen molar-refractivity contribution in [2.24, 2.45) is 0 Å². The van der Waals surface area contributed by atoms with E-state index >= 15 is 0 Å². The number of rotatable bonds is 17. The van der Waals surface area contributed by atoms with Crippen molar-refractivity contribution in [3.63, 3.8) is 0 Å². The largest absolute Gasteiger partial charge is 0.500 e. The van der Waals surface area contributed by atoms with E-state index in [-0.39, 0.29) is 5.97 Å². The van der Waals surface area contributed by atoms with Crippen LogP contribution in [0.3, 0.4) is 0 Å². The zero-order chi connectivity index (χ0) is 25.2. The fourth-order valence-corrected chi connectivity index (χ4v) is 5.68. The highest BCUT2D eigenvalue weighted by Crippen LogP contribution is 2.16. The second-order valence-corrected chi connectivity index (χ2v) is 12.9. The second-order valence-electron chi connectivity index (χ2n) is 6.77. The number of allylic oxidation sites excluding steroid dienone is 1. The van der Waals surface area contributed by atoms with Gasteiger partial charge in [-0.05, 0) is 32.3 Å². The van der Waals surface area contributed by atoms with E-state index in [9.17, 15) is 4.79 Å². The molecule has 0 spiro atoms. The third kappa shape index (κ3) is 13.3. The maximum atomic E-state index is 11.1. The highest BCUT2D eigenvalue weighted by molar-refractivity contribution is 6.60. The Balaban J connectivity index is 0. The van der Waals surface area contributed by atoms with Crippen LogP contribution >= 0.6 is 0 Å². The average Bonchev–Trinajstić information content (AvgIpc) is 2.80. The van der Waals surface area contributed by atoms with Gasteiger partial charge >= 0.3 is 23.6 Å². The minimum atomic E-state index is -2.53. The van der Waals surface area contributed by atoms with Crippen LogP contribution in [0.4, 0.5) is 0 Å². The first-order valence-electron chi connectivity index (χ1n) is 10.1. The van der Waals surface area contributed by atoms with Crippen LogP contribution in [0.25, 0.3) is 0 Å². The number of carbonyl (C=O) groups is 1. The lowest BCUT2D eigenvalue weighted by Gasteiger charge is -2.24. The number of ether oxygens (including phenoxy) is 2. The zero-order valence-corrected chi connectivity index (χ0v) is 23.0. The summed E-state index contributed by atoms with van der Waals surface area (Å²) >= 11 is 0. The molecule has 0 bridgehead atoms. The van der Waals surface area contributed by atoms with Gasteiger partial charge in [0.05, 0.1) is 13.2 Å². The lowest BCUT2D eigenvalue weighted by atomic mass is 10.3. The van der Waals surface area contributed by atoms with Gasteiger partial charge in [-0.1, -0.05) is 19.7 Å². The molecule has 0 aromatic rings. The van der Waals surface area contributed by atoms with Gasteiger partial charge in [-0.2, -0.15) is 0 Å². The molecule has 0 unspecified atom stereocenters. The SMILES string of the molecule is C=C(C)C(=C)OCCC[Si](OC)(OC)OC.C=C(C)C(=O)OCCC[Si](OC)(OC)OC. The van der Waals surface area contributed by atoms with Crippen LogP contribution in [0.15, 0.2) is 36.6 Å². The van der Waals surface area contributed by atoms with Gasteiger partial charge in [0.1, 0.15) is 5.76 Å². The van der Waals surface area contributed by atoms with Crippen molar-refractivity contribution in [1.82, 2.24) is 0 Å². The van der Waals surface area contributed by atoms with Crippen LogP contribution in [-0.2, 0) is 40.8 Å². The first kappa shape index (κ1) is 32.9. The summed E-state index contributed by atoms with van der Waals surface area (Å²) in [7, 11) is 4.50. The molecule has 11 heteroatoms. The van der Waals surface area contributed by atoms with E-state index in [0.717, 1.165) is 18.0 Å². The molecule has 0 saturated carbocycles. The van der Waals surface area contributed by atoms with E-state index in [1.54, 1.807) is 49.6 Å². The molecule has 32 heavy (non-hydrogen) atoms. The smallest absolute Gasteiger partial charge is 0.494 e. The molecule has 0 fully saturated rings. The fourth-order valence-electron chi connectivity index (χ4n) is 2.30. The summed E-state index contributed by atoms with van der Waals surface area (Å²) in [4.78, 5) is 11.1. The maximum absolute atomic E-state index is 11.1. The van der Waals surface area contributed by atoms with Crippen LogP contribution in [0, 0.1) is 0 Å². The Morgan fingerprint density at radius 1 is 0.625 bits per heavy atom. The van der Waals surface area contributed by atoms with Gasteiger partial charge in [-0.15, -0.1) is 0 Å². The predicted molar refractivity (Wildman–Crippen MR) is 128 cm³/mol. The van der Waals surface area contributed by atoms with E-state index in [0.29, 0.717) is 37.0 Å². The Morgan fingerprint density at radius 2 is 0.969 bits per heavy atom. The standard InChI is InChI=1S/C11H22O4Si.C10H20O5Si/c1-10(2)11(3)15-8-7-9-16(12-4,13-5)14-6;1-9(2)10(11)15-7-6-8-16(12-3,13-4)14-5/h1,3,7-9H2,2,4-6H3;1,6-8H2,2-5H3. The highest BCUT2D eigenvalue weighted by Gasteiger charge is 2.37. The predicted octanol–water partition coefficient (Wildman–Crippen LogP) is 3.73. The second kappa shape index (κ2) is 18.1. The van der Waals surface area contributed by atoms with Gasteiger partial charge < -0.3 is 36.0 Å². The molecule has 0 atom stereocenters. The molecule has 0 amide bonds. The van der Waals surface area contributed by atoms with E-state index in [1.165, 1.54) is 0 Å². The van der Waals surface area contributed by atoms with Crippen LogP contribution in [0.2, 0.25) is 12.1 Å². The fraction of sp³-hybridized carbons (Fsp3) is 0.667. The van der Waals surface area contributed by atoms with Crippen LogP contribution in [0.5, 0.6) is 0 Å². The molecule has 0 aliphatic heterocycles. The van der Waals surface area contributed by atoms with Gasteiger partial charge in [-0.25, -0.2) is 4.79 Å². The summed E-state index contributed by atoms with van der Waals surface area (Å²) in [5, 5.41) is 0. The van der Waals surface area contributed by atoms with Crippen molar-refractivity contribution < 1.29 is 40.8 Å². The lowest BCUT2D eigenvalue weighted by molar-refractivity contribution is -0.139. The summed E-state index contributed by atoms with van der Waals surface area (Å²) in [6.45, 7) is 15.3. The lowest BCUT2D eigenvalue weighted by Crippen LogP contribution is -2.42. The Kier molecular flexibility index (Phi) is 18.6. The van der Waals surface area contributed by atoms with Gasteiger partial charge in [-0.3, -0.25) is 0 Å². The van der Waals surface area contributed by atoms with Crippen molar-refractivity contribution in [2.75, 3.05) is 55.9 Å². The molecule has 0 N–H and O–H groups in total. The number of hydrogen-bond acceptors (Lipinski definition) is 9. The first-order valence-corrected chi connectivity index (χ1v) is 14.0. The molecule has 0 aliphatic rings. The number of hydrogen-bond donors (Lipinski definition) is 0. The third-order valence-electron chi connectivity index (χ3n) is 4.45. The highest BCUT2D eigenvalue weighted by atomic mass is 28.4. The molecule has 9 nitrogen and oxygen atoms in total. The van der Waals surface area contributed by atoms with E-state index in [2.05, 4.69) is 19.7 Å². The quantitative estimate of drug-likeness (QED) is 0.0749. The Morgan fingerprint density at radius 3 is 1.25 bits per heavy atom. The van der Waals surface area contributed by atoms with E-state index in [1.807, 2.05) is 6.92 Å². The molecular weight excluding hydrogens is 452 g/mol. The van der Waals surface area contributed by atoms with E-state index < -0.39 is 17.6 Å². The molecule has 0 aromatic heterocycles. The number of carbonyl (C=O) groups excluding carboxylic acids is 1. The van der Waals surface area contributed by atoms with Gasteiger partial charge in [0.2, 0.25) is 0 Å². The monoisotopic (exact) mass is 494 g/mol. The van der Waals surface area contributed by atoms with Gasteiger partial charge in [0.15, 0.2) is 0 Å². The number of esters is 1. The van der Waals surface area contributed by atoms with Gasteiger partial charge in [0.25, 0.3) is 0 Å². The Labute approximate surface area is 196 Å². The Bertz CT molecular complexity index is 507. The summed E-state index contributed by atoms with van der Waals surface area (Å²) in [5.41, 5.74) is 1.24. The topological polar surface area (TPSA) is 90.9 Å². The summed E-state index contributed by atoms with van der Waals surface area (Å²) in [6, 6.07) is 1.33. The van der Waals surface area contributed by atoms with Gasteiger partial charge in [0, 0.05) is 60.3 Å². The van der Waals surface area contributed by atoms with Crippen LogP contribution in [0.1, 0.15) is 26.7 Å². The third-order valence-corrected chi connectivity index (χ3v) is 10.1. The first-order chi connectivity index (χ1) is 15.0. The molecule has 0 aromatic carbocycles. The summed E-state index contributed by atoms with van der Waals surface area (Å²) in [5.74, 6) is 0.249. The van der Waals surface area contributed by atoms with Crippen LogP contribution < -0.4 is 0 Å².